The number of rotatable bonds is 22. The summed E-state index contributed by atoms with van der Waals surface area (Å²) < 4.78 is 100. The van der Waals surface area contributed by atoms with Crippen LogP contribution in [0.2, 0.25) is 0 Å². The highest BCUT2D eigenvalue weighted by atomic mass is 123. The quantitative estimate of drug-likeness (QED) is 0.0474. The molecule has 0 radical (unpaired) electrons. The van der Waals surface area contributed by atoms with Gasteiger partial charge in [-0.1, -0.05) is 54.6 Å². The third-order valence-corrected chi connectivity index (χ3v) is 14.1. The number of benzene rings is 9. The second kappa shape index (κ2) is 32.7. The summed E-state index contributed by atoms with van der Waals surface area (Å²) in [6.07, 6.45) is 0. The molecule has 0 N–H and O–H groups in total. The summed E-state index contributed by atoms with van der Waals surface area (Å²) in [5.74, 6) is 3.47. The Morgan fingerprint density at radius 2 is 0.693 bits per heavy atom. The Kier molecular flexibility index (Phi) is 24.4. The molecule has 0 saturated heterocycles. The third kappa shape index (κ3) is 18.6. The predicted octanol–water partition coefficient (Wildman–Crippen LogP) is 16.5. The number of hydrogen-bond acceptors (Lipinski definition) is 11. The van der Waals surface area contributed by atoms with Gasteiger partial charge in [0, 0.05) is 53.7 Å². The first-order chi connectivity index (χ1) is 42.5. The predicted molar refractivity (Wildman–Crippen MR) is 339 cm³/mol. The second-order valence-electron chi connectivity index (χ2n) is 19.0. The maximum Gasteiger partial charge on any atom is 0.224 e. The zero-order valence-corrected chi connectivity index (χ0v) is 51.5. The Morgan fingerprint density at radius 3 is 1.03 bits per heavy atom. The van der Waals surface area contributed by atoms with Gasteiger partial charge in [-0.2, -0.15) is 0 Å². The van der Waals surface area contributed by atoms with E-state index in [0.29, 0.717) is 80.2 Å². The summed E-state index contributed by atoms with van der Waals surface area (Å²) in [6, 6.07) is 55.5. The van der Waals surface area contributed by atoms with E-state index >= 15 is 0 Å². The fraction of sp³-hybridized carbons (Fsp3) is 0.174. The number of methoxy groups -OCH3 is 4. The SMILES string of the molecule is COc1ccc(OCC[18F])c(CN(C(C)=O)c2cc(F)ccc2Oc2ccccc2)c1.COc1ccc(O[11CH3])c(CN(C(C)=O)c2cc(F)ccc2Oc2ccccc2)c1.COc1ccc([123I])c(CN(C(C)=O)c2cc(F)ccc2Oc2ccccc2)c1. The highest BCUT2D eigenvalue weighted by Gasteiger charge is 2.24. The van der Waals surface area contributed by atoms with Gasteiger partial charge in [-0.05, 0) is 156 Å². The van der Waals surface area contributed by atoms with Gasteiger partial charge >= 0.3 is 0 Å². The largest absolute Gasteiger partial charge is 0.497 e. The van der Waals surface area contributed by atoms with E-state index in [4.69, 9.17) is 37.9 Å². The molecule has 0 unspecified atom stereocenters. The molecule has 0 aliphatic carbocycles. The molecule has 456 valence electrons. The lowest BCUT2D eigenvalue weighted by atomic mass is 10.1. The first-order valence-electron chi connectivity index (χ1n) is 27.3. The van der Waals surface area contributed by atoms with Crippen molar-refractivity contribution in [2.75, 3.05) is 56.4 Å². The molecule has 9 aromatic rings. The van der Waals surface area contributed by atoms with Crippen LogP contribution in [0.5, 0.6) is 63.2 Å². The van der Waals surface area contributed by atoms with Gasteiger partial charge in [-0.25, -0.2) is 17.6 Å². The minimum atomic E-state index is -0.652. The average molecular weight is 1310 g/mol. The van der Waals surface area contributed by atoms with Gasteiger partial charge in [0.15, 0.2) is 17.2 Å². The van der Waals surface area contributed by atoms with E-state index < -0.39 is 24.1 Å². The molecule has 0 saturated carbocycles. The summed E-state index contributed by atoms with van der Waals surface area (Å²) >= 11 is 2.20. The Labute approximate surface area is 522 Å². The van der Waals surface area contributed by atoms with Crippen LogP contribution in [0.1, 0.15) is 37.5 Å². The Morgan fingerprint density at radius 1 is 0.375 bits per heavy atom. The zero-order valence-electron chi connectivity index (χ0n) is 49.3. The van der Waals surface area contributed by atoms with Crippen molar-refractivity contribution >= 4 is 57.4 Å². The normalized spacial score (nSPS) is 10.4. The summed E-state index contributed by atoms with van der Waals surface area (Å²) in [4.78, 5) is 41.8. The van der Waals surface area contributed by atoms with E-state index in [-0.39, 0.29) is 49.7 Å². The van der Waals surface area contributed by atoms with Gasteiger partial charge in [-0.15, -0.1) is 0 Å². The Bertz CT molecular complexity index is 3780. The molecule has 0 fully saturated rings. The average Bonchev–Trinajstić information content (AvgIpc) is 1.77. The van der Waals surface area contributed by atoms with Crippen LogP contribution < -0.4 is 52.6 Å². The molecule has 0 bridgehead atoms. The number of halogens is 5. The molecule has 14 nitrogen and oxygen atoms in total. The second-order valence-corrected chi connectivity index (χ2v) is 20.2. The van der Waals surface area contributed by atoms with Crippen molar-refractivity contribution in [1.82, 2.24) is 0 Å². The number of ether oxygens (including phenoxy) is 8. The molecule has 9 rings (SSSR count). The van der Waals surface area contributed by atoms with Crippen LogP contribution in [0, 0.1) is 21.0 Å². The van der Waals surface area contributed by atoms with Crippen molar-refractivity contribution in [3.63, 3.8) is 0 Å². The number of anilines is 3. The van der Waals surface area contributed by atoms with Crippen LogP contribution >= 0.6 is 22.6 Å². The summed E-state index contributed by atoms with van der Waals surface area (Å²) in [6.45, 7) is 3.93. The first kappa shape index (κ1) is 65.8. The molecule has 0 spiro atoms. The van der Waals surface area contributed by atoms with Crippen molar-refractivity contribution in [2.45, 2.75) is 40.4 Å². The molecule has 3 amide bonds. The molecule has 0 atom stereocenters. The summed E-state index contributed by atoms with van der Waals surface area (Å²) in [7, 11) is 6.22. The lowest BCUT2D eigenvalue weighted by molar-refractivity contribution is -0.117. The van der Waals surface area contributed by atoms with Gasteiger partial charge in [-0.3, -0.25) is 14.4 Å². The van der Waals surface area contributed by atoms with E-state index in [2.05, 4.69) is 22.6 Å². The molecule has 19 heteroatoms. The smallest absolute Gasteiger partial charge is 0.224 e. The van der Waals surface area contributed by atoms with Crippen molar-refractivity contribution in [1.29, 1.82) is 0 Å². The molecule has 9 aromatic carbocycles. The van der Waals surface area contributed by atoms with E-state index in [1.807, 2.05) is 72.8 Å². The standard InChI is InChI=1S/C24H23F2NO4.C23H22FNO4.C22H19FINO3/c1-17(28)27(16-18-14-21(29-2)9-11-23(18)30-13-12-25)22-15-19(26)8-10-24(22)31-20-6-4-3-5-7-20;1-16(26)25(15-17-13-20(27-2)10-12-22(17)28-3)21-14-18(24)9-11-23(21)29-19-7-5-4-6-8-19;1-15(26)25(14-16-12-19(27-2)9-10-20(16)24)21-13-17(23)8-11-22(21)28-18-6-4-3-5-7-18/h3-11,14-15H,12-13,16H2,1-2H3;4-14H,15H2,1-3H3;3-13H,14H2,1-2H3/i25-1;3-1;24-4. The highest BCUT2D eigenvalue weighted by Crippen LogP contribution is 2.39. The van der Waals surface area contributed by atoms with Crippen LogP contribution in [-0.4, -0.2) is 59.4 Å². The van der Waals surface area contributed by atoms with Crippen molar-refractivity contribution < 1.29 is 69.8 Å². The maximum absolute atomic E-state index is 14.1. The lowest BCUT2D eigenvalue weighted by Gasteiger charge is -2.25. The number of hydrogen-bond donors (Lipinski definition) is 0. The first-order valence-corrected chi connectivity index (χ1v) is 28.4. The topological polar surface area (TPSA) is 135 Å². The minimum absolute atomic E-state index is 0.0444. The molecular formula is C69H64F4IN3O11. The Hall–Kier alpha value is -9.76. The number of para-hydroxylation sites is 3. The van der Waals surface area contributed by atoms with E-state index in [0.717, 1.165) is 14.7 Å². The number of alkyl halides is 1. The number of carbonyl (C=O) groups excluding carboxylic acids is 3. The van der Waals surface area contributed by atoms with Crippen LogP contribution in [0.3, 0.4) is 0 Å². The van der Waals surface area contributed by atoms with Gasteiger partial charge in [0.1, 0.15) is 76.7 Å². The van der Waals surface area contributed by atoms with E-state index in [1.54, 1.807) is 94.1 Å². The molecule has 0 heterocycles. The summed E-state index contributed by atoms with van der Waals surface area (Å²) in [5, 5.41) is 0. The summed E-state index contributed by atoms with van der Waals surface area (Å²) in [5.41, 5.74) is 3.15. The lowest BCUT2D eigenvalue weighted by Crippen LogP contribution is -2.28. The fourth-order valence-electron chi connectivity index (χ4n) is 8.72. The van der Waals surface area contributed by atoms with Crippen molar-refractivity contribution in [3.8, 4) is 63.2 Å². The minimum Gasteiger partial charge on any atom is -0.497 e. The van der Waals surface area contributed by atoms with Crippen LogP contribution in [0.15, 0.2) is 200 Å². The molecular weight excluding hydrogens is 1240 g/mol. The van der Waals surface area contributed by atoms with E-state index in [9.17, 15) is 31.9 Å². The molecule has 88 heavy (non-hydrogen) atoms. The van der Waals surface area contributed by atoms with Gasteiger partial charge in [0.2, 0.25) is 17.7 Å². The molecule has 0 aliphatic heterocycles. The fourth-order valence-corrected chi connectivity index (χ4v) is 9.23. The van der Waals surface area contributed by atoms with Crippen LogP contribution in [-0.2, 0) is 34.0 Å². The van der Waals surface area contributed by atoms with Crippen molar-refractivity contribution in [3.05, 3.63) is 238 Å². The number of carbonyl (C=O) groups is 3. The molecule has 0 aliphatic rings. The van der Waals surface area contributed by atoms with Crippen molar-refractivity contribution in [2.24, 2.45) is 0 Å². The zero-order chi connectivity index (χ0) is 63.1. The number of amides is 3. The highest BCUT2D eigenvalue weighted by molar-refractivity contribution is 14.1. The van der Waals surface area contributed by atoms with Crippen LogP contribution in [0.4, 0.5) is 34.6 Å². The van der Waals surface area contributed by atoms with Gasteiger partial charge in [0.25, 0.3) is 0 Å². The maximum atomic E-state index is 14.1. The van der Waals surface area contributed by atoms with Gasteiger partial charge < -0.3 is 52.6 Å². The van der Waals surface area contributed by atoms with E-state index in [1.165, 1.54) is 97.2 Å². The third-order valence-electron chi connectivity index (χ3n) is 13.0. The Balaban J connectivity index is 0.000000189. The van der Waals surface area contributed by atoms with Crippen LogP contribution in [0.25, 0.3) is 0 Å². The number of nitrogens with zero attached hydrogens (tertiary/aromatic N) is 3. The molecule has 0 aromatic heterocycles. The van der Waals surface area contributed by atoms with Gasteiger partial charge in [0.05, 0.1) is 65.1 Å². The monoisotopic (exact) mass is 1310 g/mol.